The zero-order chi connectivity index (χ0) is 29.5. The summed E-state index contributed by atoms with van der Waals surface area (Å²) in [4.78, 5) is 0. The molecule has 0 heterocycles. The van der Waals surface area contributed by atoms with Crippen molar-refractivity contribution in [3.05, 3.63) is 125 Å². The molecule has 0 saturated carbocycles. The Morgan fingerprint density at radius 2 is 1.22 bits per heavy atom. The molecule has 9 heteroatoms. The Morgan fingerprint density at radius 1 is 0.610 bits per heavy atom. The average Bonchev–Trinajstić information content (AvgIpc) is 2.95. The van der Waals surface area contributed by atoms with Crippen LogP contribution in [0.25, 0.3) is 33.0 Å². The monoisotopic (exact) mass is 572 g/mol. The van der Waals surface area contributed by atoms with Crippen molar-refractivity contribution in [2.75, 3.05) is 0 Å². The molecule has 0 radical (unpaired) electrons. The molecule has 0 atom stereocenters. The first-order chi connectivity index (χ1) is 19.5. The highest BCUT2D eigenvalue weighted by atomic mass is 19.3. The molecule has 0 saturated heterocycles. The maximum absolute atomic E-state index is 15.5. The number of fused-ring (bicyclic) bond motifs is 1. The van der Waals surface area contributed by atoms with Crippen LogP contribution in [-0.2, 0) is 12.5 Å². The average molecular weight is 572 g/mol. The van der Waals surface area contributed by atoms with E-state index in [0.717, 1.165) is 42.3 Å². The first kappa shape index (κ1) is 28.1. The summed E-state index contributed by atoms with van der Waals surface area (Å²) in [6.45, 7) is 1.94. The lowest BCUT2D eigenvalue weighted by Gasteiger charge is -2.20. The first-order valence-corrected chi connectivity index (χ1v) is 12.5. The molecule has 0 N–H and O–H groups in total. The van der Waals surface area contributed by atoms with Crippen molar-refractivity contribution >= 4 is 10.8 Å². The lowest BCUT2D eigenvalue weighted by atomic mass is 9.97. The topological polar surface area (TPSA) is 9.23 Å². The van der Waals surface area contributed by atoms with Gasteiger partial charge in [-0.15, -0.1) is 0 Å². The quantitative estimate of drug-likeness (QED) is 0.139. The fraction of sp³-hybridized carbons (Fsp3) is 0.125. The molecular formula is C32H20F8O. The fourth-order valence-electron chi connectivity index (χ4n) is 4.57. The van der Waals surface area contributed by atoms with Gasteiger partial charge in [-0.25, -0.2) is 22.0 Å². The molecule has 0 aliphatic heterocycles. The zero-order valence-electron chi connectivity index (χ0n) is 21.4. The van der Waals surface area contributed by atoms with Gasteiger partial charge in [-0.3, -0.25) is 0 Å². The third kappa shape index (κ3) is 5.36. The highest BCUT2D eigenvalue weighted by Crippen LogP contribution is 2.39. The summed E-state index contributed by atoms with van der Waals surface area (Å²) in [7, 11) is 0. The van der Waals surface area contributed by atoms with Crippen molar-refractivity contribution in [3.63, 3.8) is 0 Å². The van der Waals surface area contributed by atoms with Gasteiger partial charge < -0.3 is 4.74 Å². The summed E-state index contributed by atoms with van der Waals surface area (Å²) in [5.74, 6) is -10.1. The molecule has 1 nitrogen and oxygen atoms in total. The van der Waals surface area contributed by atoms with Crippen LogP contribution in [0.4, 0.5) is 35.1 Å². The minimum Gasteiger partial charge on any atom is -0.426 e. The number of aryl methyl sites for hydroxylation is 1. The van der Waals surface area contributed by atoms with E-state index in [4.69, 9.17) is 0 Å². The van der Waals surface area contributed by atoms with Crippen LogP contribution in [0.3, 0.4) is 0 Å². The van der Waals surface area contributed by atoms with E-state index in [-0.39, 0.29) is 27.6 Å². The van der Waals surface area contributed by atoms with E-state index in [1.54, 1.807) is 0 Å². The van der Waals surface area contributed by atoms with Gasteiger partial charge in [0.25, 0.3) is 0 Å². The van der Waals surface area contributed by atoms with Gasteiger partial charge in [0.2, 0.25) is 5.82 Å². The van der Waals surface area contributed by atoms with Gasteiger partial charge in [0.15, 0.2) is 29.0 Å². The van der Waals surface area contributed by atoms with Gasteiger partial charge in [0.05, 0.1) is 10.9 Å². The second kappa shape index (κ2) is 10.9. The van der Waals surface area contributed by atoms with E-state index in [9.17, 15) is 26.3 Å². The van der Waals surface area contributed by atoms with E-state index in [1.165, 1.54) is 48.5 Å². The van der Waals surface area contributed by atoms with Gasteiger partial charge in [0, 0.05) is 5.56 Å². The van der Waals surface area contributed by atoms with Crippen molar-refractivity contribution in [1.29, 1.82) is 0 Å². The molecule has 0 unspecified atom stereocenters. The molecule has 0 fully saturated rings. The number of hydrogen-bond acceptors (Lipinski definition) is 1. The Balaban J connectivity index is 1.47. The summed E-state index contributed by atoms with van der Waals surface area (Å²) in [6.07, 6.45) is -2.50. The van der Waals surface area contributed by atoms with Crippen molar-refractivity contribution in [3.8, 4) is 28.0 Å². The molecule has 0 spiro atoms. The maximum atomic E-state index is 15.5. The largest absolute Gasteiger partial charge is 0.426 e. The van der Waals surface area contributed by atoms with E-state index >= 15 is 8.78 Å². The van der Waals surface area contributed by atoms with Gasteiger partial charge >= 0.3 is 6.11 Å². The molecule has 0 aliphatic rings. The molecule has 0 amide bonds. The highest BCUT2D eigenvalue weighted by Gasteiger charge is 2.36. The summed E-state index contributed by atoms with van der Waals surface area (Å²) in [5.41, 5.74) is 0.635. The van der Waals surface area contributed by atoms with Crippen LogP contribution in [0.5, 0.6) is 5.75 Å². The smallest absolute Gasteiger partial charge is 0.426 e. The van der Waals surface area contributed by atoms with E-state index in [1.807, 2.05) is 6.92 Å². The predicted molar refractivity (Wildman–Crippen MR) is 140 cm³/mol. The van der Waals surface area contributed by atoms with Crippen LogP contribution >= 0.6 is 0 Å². The molecular weight excluding hydrogens is 552 g/mol. The SMILES string of the molecule is CCCc1ccc(C(F)(F)Oc2cc3ccc(-c4ccc(-c5cc(F)c(F)c(F)c5)cc4)c(F)c3c(F)c2F)cc1. The van der Waals surface area contributed by atoms with Crippen LogP contribution in [0.1, 0.15) is 24.5 Å². The van der Waals surface area contributed by atoms with Gasteiger partial charge in [0.1, 0.15) is 5.82 Å². The van der Waals surface area contributed by atoms with Crippen LogP contribution < -0.4 is 4.74 Å². The number of ether oxygens (including phenoxy) is 1. The summed E-state index contributed by atoms with van der Waals surface area (Å²) < 4.78 is 120. The minimum atomic E-state index is -4.00. The third-order valence-electron chi connectivity index (χ3n) is 6.67. The molecule has 0 aliphatic carbocycles. The number of benzene rings is 5. The maximum Gasteiger partial charge on any atom is 0.426 e. The van der Waals surface area contributed by atoms with Gasteiger partial charge in [-0.1, -0.05) is 61.9 Å². The van der Waals surface area contributed by atoms with Crippen molar-refractivity contribution in [2.24, 2.45) is 0 Å². The number of alkyl halides is 2. The predicted octanol–water partition coefficient (Wildman–Crippen LogP) is 10.1. The molecule has 5 aromatic rings. The Bertz CT molecular complexity index is 1720. The lowest BCUT2D eigenvalue weighted by Crippen LogP contribution is -2.22. The molecule has 41 heavy (non-hydrogen) atoms. The Hall–Kier alpha value is -4.40. The summed E-state index contributed by atoms with van der Waals surface area (Å²) in [5, 5.41) is -0.991. The van der Waals surface area contributed by atoms with Crippen LogP contribution in [-0.4, -0.2) is 0 Å². The highest BCUT2D eigenvalue weighted by molar-refractivity contribution is 5.90. The molecule has 210 valence electrons. The Kier molecular flexibility index (Phi) is 7.46. The van der Waals surface area contributed by atoms with Gasteiger partial charge in [-0.05, 0) is 64.4 Å². The fourth-order valence-corrected chi connectivity index (χ4v) is 4.57. The van der Waals surface area contributed by atoms with Crippen molar-refractivity contribution in [1.82, 2.24) is 0 Å². The second-order valence-electron chi connectivity index (χ2n) is 9.42. The van der Waals surface area contributed by atoms with E-state index in [2.05, 4.69) is 4.74 Å². The third-order valence-corrected chi connectivity index (χ3v) is 6.67. The number of rotatable bonds is 7. The first-order valence-electron chi connectivity index (χ1n) is 12.5. The molecule has 5 aromatic carbocycles. The number of halogens is 8. The summed E-state index contributed by atoms with van der Waals surface area (Å²) >= 11 is 0. The van der Waals surface area contributed by atoms with Crippen LogP contribution in [0.15, 0.2) is 78.9 Å². The minimum absolute atomic E-state index is 0.0290. The molecule has 0 bridgehead atoms. The molecule has 0 aromatic heterocycles. The zero-order valence-corrected chi connectivity index (χ0v) is 21.4. The summed E-state index contributed by atoms with van der Waals surface area (Å²) in [6, 6.07) is 15.6. The Morgan fingerprint density at radius 3 is 1.83 bits per heavy atom. The lowest BCUT2D eigenvalue weighted by molar-refractivity contribution is -0.187. The number of hydrogen-bond donors (Lipinski definition) is 0. The van der Waals surface area contributed by atoms with Gasteiger partial charge in [-0.2, -0.15) is 13.2 Å². The molecule has 5 rings (SSSR count). The second-order valence-corrected chi connectivity index (χ2v) is 9.42. The van der Waals surface area contributed by atoms with Crippen LogP contribution in [0, 0.1) is 34.9 Å². The standard InChI is InChI=1S/C32H20F8O/c1-2-3-17-4-11-22(12-5-17)32(39,40)41-26-16-20-10-13-23(28(35)27(20)31(38)30(26)37)19-8-6-18(7-9-19)21-14-24(33)29(36)25(34)15-21/h4-16H,2-3H2,1H3. The van der Waals surface area contributed by atoms with E-state index < -0.39 is 57.7 Å². The van der Waals surface area contributed by atoms with Crippen molar-refractivity contribution < 1.29 is 39.9 Å². The van der Waals surface area contributed by atoms with Crippen molar-refractivity contribution in [2.45, 2.75) is 25.9 Å². The van der Waals surface area contributed by atoms with Crippen LogP contribution in [0.2, 0.25) is 0 Å². The van der Waals surface area contributed by atoms with E-state index in [0.29, 0.717) is 6.42 Å². The normalized spacial score (nSPS) is 11.7. The Labute approximate surface area is 229 Å².